The maximum Gasteiger partial charge on any atom is 0.254 e. The first-order valence-electron chi connectivity index (χ1n) is 12.2. The summed E-state index contributed by atoms with van der Waals surface area (Å²) in [6, 6.07) is 2.12. The van der Waals surface area contributed by atoms with Crippen molar-refractivity contribution in [2.45, 2.75) is 87.8 Å². The highest BCUT2D eigenvalue weighted by Gasteiger charge is 2.48. The van der Waals surface area contributed by atoms with Crippen LogP contribution >= 0.6 is 37.2 Å². The quantitative estimate of drug-likeness (QED) is 0.229. The van der Waals surface area contributed by atoms with Crippen molar-refractivity contribution < 1.29 is 9.90 Å². The van der Waals surface area contributed by atoms with E-state index in [2.05, 4.69) is 71.0 Å². The van der Waals surface area contributed by atoms with Gasteiger partial charge in [0.1, 0.15) is 5.78 Å². The van der Waals surface area contributed by atoms with E-state index in [9.17, 15) is 14.7 Å². The summed E-state index contributed by atoms with van der Waals surface area (Å²) in [6.45, 7) is 19.5. The zero-order valence-corrected chi connectivity index (χ0v) is 27.2. The molecule has 1 aliphatic heterocycles. The van der Waals surface area contributed by atoms with Crippen LogP contribution in [0.2, 0.25) is 0 Å². The van der Waals surface area contributed by atoms with Crippen molar-refractivity contribution in [2.75, 3.05) is 0 Å². The molecule has 36 heavy (non-hydrogen) atoms. The second-order valence-electron chi connectivity index (χ2n) is 10.7. The predicted octanol–water partition coefficient (Wildman–Crippen LogP) is 7.12. The molecule has 4 rings (SSSR count). The maximum atomic E-state index is 13.8. The summed E-state index contributed by atoms with van der Waals surface area (Å²) in [5, 5.41) is 13.0. The van der Waals surface area contributed by atoms with Crippen molar-refractivity contribution >= 4 is 53.9 Å². The third-order valence-corrected chi connectivity index (χ3v) is 8.77. The molecule has 5 nitrogen and oxygen atoms in total. The second kappa shape index (κ2) is 10.1. The fourth-order valence-electron chi connectivity index (χ4n) is 5.70. The van der Waals surface area contributed by atoms with Crippen molar-refractivity contribution in [3.63, 3.8) is 0 Å². The number of nitrogens with zero attached hydrogens (tertiary/aromatic N) is 2. The Kier molecular flexibility index (Phi) is 8.19. The number of carbonyl (C=O) groups is 1. The van der Waals surface area contributed by atoms with E-state index in [1.54, 1.807) is 20.8 Å². The first kappa shape index (κ1) is 29.2. The number of benzene rings is 1. The van der Waals surface area contributed by atoms with E-state index in [0.717, 1.165) is 39.0 Å². The monoisotopic (exact) mass is 714 g/mol. The topological polar surface area (TPSA) is 72.2 Å². The van der Waals surface area contributed by atoms with Gasteiger partial charge in [-0.1, -0.05) is 6.92 Å². The highest BCUT2D eigenvalue weighted by atomic mass is 128. The second-order valence-corrected chi connectivity index (χ2v) is 10.7. The number of ketones is 1. The zero-order valence-electron chi connectivity index (χ0n) is 22.9. The number of halogens is 2. The number of aryl methyl sites for hydroxylation is 3. The van der Waals surface area contributed by atoms with Crippen molar-refractivity contribution in [3.8, 4) is 11.4 Å². The van der Waals surface area contributed by atoms with Crippen molar-refractivity contribution in [2.24, 2.45) is 5.41 Å². The van der Waals surface area contributed by atoms with E-state index >= 15 is 0 Å². The average Bonchev–Trinajstić information content (AvgIpc) is 3.21. The Morgan fingerprint density at radius 3 is 2.17 bits per heavy atom. The van der Waals surface area contributed by atoms with Crippen LogP contribution in [0.15, 0.2) is 10.9 Å². The van der Waals surface area contributed by atoms with Gasteiger partial charge in [-0.05, 0) is 108 Å². The summed E-state index contributed by atoms with van der Waals surface area (Å²) in [7, 11) is 0. The molecule has 3 heterocycles. The van der Waals surface area contributed by atoms with Gasteiger partial charge in [-0.25, -0.2) is 4.98 Å². The molecule has 0 fully saturated rings. The van der Waals surface area contributed by atoms with E-state index in [0.29, 0.717) is 24.1 Å². The molecule has 1 atom stereocenters. The highest BCUT2D eigenvalue weighted by molar-refractivity contribution is 15.0. The molecule has 3 aromatic rings. The van der Waals surface area contributed by atoms with Gasteiger partial charge in [0.15, 0.2) is 0 Å². The molecular weight excluding hydrogens is 678 g/mol. The largest absolute Gasteiger partial charge is 0.384 e. The lowest BCUT2D eigenvalue weighted by Gasteiger charge is -2.40. The predicted molar refractivity (Wildman–Crippen MR) is 166 cm³/mol. The summed E-state index contributed by atoms with van der Waals surface area (Å²) < 4.78 is 1.81. The van der Waals surface area contributed by atoms with E-state index < -0.39 is 11.0 Å². The minimum atomic E-state index is -1.51. The van der Waals surface area contributed by atoms with Crippen LogP contribution in [0.3, 0.4) is 0 Å². The van der Waals surface area contributed by atoms with Crippen molar-refractivity contribution in [1.82, 2.24) is 9.55 Å². The molecular formula is C29H36I2N2O3. The Morgan fingerprint density at radius 2 is 1.64 bits per heavy atom. The number of Topliss-reactive ketones (excluding diaryl/α,β-unsaturated/α-hetero) is 1. The molecule has 2 aromatic heterocycles. The van der Waals surface area contributed by atoms with Crippen molar-refractivity contribution in [3.05, 3.63) is 60.9 Å². The third kappa shape index (κ3) is 4.08. The Morgan fingerprint density at radius 1 is 1.06 bits per heavy atom. The normalized spacial score (nSPS) is 14.1. The molecule has 0 bridgehead atoms. The molecule has 0 aliphatic carbocycles. The van der Waals surface area contributed by atoms with Crippen LogP contribution in [-0.2, 0) is 23.4 Å². The lowest BCUT2D eigenvalue weighted by molar-refractivity contribution is -0.141. The molecule has 1 aromatic carbocycles. The van der Waals surface area contributed by atoms with Gasteiger partial charge in [-0.2, -0.15) is 0 Å². The minimum Gasteiger partial charge on any atom is -0.384 e. The van der Waals surface area contributed by atoms with Crippen molar-refractivity contribution in [1.29, 1.82) is 0 Å². The van der Waals surface area contributed by atoms with Gasteiger partial charge in [0.25, 0.3) is 5.56 Å². The van der Waals surface area contributed by atoms with E-state index in [4.69, 9.17) is 4.98 Å². The molecule has 1 unspecified atom stereocenters. The molecule has 0 radical (unpaired) electrons. The fourth-order valence-corrected chi connectivity index (χ4v) is 5.70. The summed E-state index contributed by atoms with van der Waals surface area (Å²) >= 11 is 4.24. The lowest BCUT2D eigenvalue weighted by atomic mass is 9.67. The molecule has 0 amide bonds. The number of carbonyl (C=O) groups excluding carboxylic acids is 1. The standard InChI is InChI=1S/C29H36N2O3.I2/c1-11-20-24(29(10,34)28(8,9)19(7)32)18(6)26-25-21(13-31(26)27(20)33)17(5)23-16(4)15(3)14(2)12-22(23)30-25;1-2/h12,34H,11,13H2,1-10H3;. The smallest absolute Gasteiger partial charge is 0.254 e. The Bertz CT molecular complexity index is 1470. The van der Waals surface area contributed by atoms with Crippen LogP contribution in [0, 0.1) is 40.0 Å². The molecule has 1 N–H and O–H groups in total. The Hall–Kier alpha value is -1.33. The summed E-state index contributed by atoms with van der Waals surface area (Å²) in [6.07, 6.45) is 0.474. The van der Waals surface area contributed by atoms with Crippen LogP contribution in [-0.4, -0.2) is 20.4 Å². The number of fused-ring (bicyclic) bond motifs is 4. The first-order chi connectivity index (χ1) is 16.7. The van der Waals surface area contributed by atoms with Crippen LogP contribution in [0.5, 0.6) is 0 Å². The number of hydrogen-bond acceptors (Lipinski definition) is 4. The first-order valence-corrected chi connectivity index (χ1v) is 18.5. The van der Waals surface area contributed by atoms with E-state index in [1.807, 2.05) is 18.4 Å². The zero-order chi connectivity index (χ0) is 27.5. The lowest BCUT2D eigenvalue weighted by Crippen LogP contribution is -2.46. The molecule has 194 valence electrons. The van der Waals surface area contributed by atoms with Crippen LogP contribution < -0.4 is 5.56 Å². The number of rotatable bonds is 4. The van der Waals surface area contributed by atoms with Crippen LogP contribution in [0.4, 0.5) is 0 Å². The fraction of sp³-hybridized carbons (Fsp3) is 0.483. The SMILES string of the molecule is CCc1c(C(C)(O)C(C)(C)C(C)=O)c(C)c2n(c1=O)Cc1c-2nc2cc(C)c(C)c(C)c2c1C.II. The molecule has 0 saturated heterocycles. The van der Waals surface area contributed by atoms with E-state index in [-0.39, 0.29) is 11.3 Å². The molecule has 7 heteroatoms. The summed E-state index contributed by atoms with van der Waals surface area (Å²) in [5.74, 6) is -0.124. The number of aliphatic hydroxyl groups is 1. The maximum absolute atomic E-state index is 13.8. The number of pyridine rings is 2. The number of aromatic nitrogens is 2. The van der Waals surface area contributed by atoms with E-state index in [1.165, 1.54) is 23.6 Å². The average molecular weight is 714 g/mol. The Balaban J connectivity index is 0.00000176. The molecule has 0 saturated carbocycles. The van der Waals surface area contributed by atoms with Gasteiger partial charge >= 0.3 is 0 Å². The molecule has 1 aliphatic rings. The third-order valence-electron chi connectivity index (χ3n) is 8.77. The van der Waals surface area contributed by atoms with Gasteiger partial charge in [0, 0.05) is 53.7 Å². The highest BCUT2D eigenvalue weighted by Crippen LogP contribution is 2.46. The summed E-state index contributed by atoms with van der Waals surface area (Å²) in [4.78, 5) is 31.4. The van der Waals surface area contributed by atoms with Gasteiger partial charge in [0.05, 0.1) is 34.5 Å². The molecule has 0 spiro atoms. The Labute approximate surface area is 237 Å². The minimum absolute atomic E-state index is 0.108. The van der Waals surface area contributed by atoms with Crippen LogP contribution in [0.1, 0.15) is 79.1 Å². The van der Waals surface area contributed by atoms with Gasteiger partial charge < -0.3 is 9.67 Å². The number of hydrogen-bond donors (Lipinski definition) is 1. The summed E-state index contributed by atoms with van der Waals surface area (Å²) in [5.41, 5.74) is 7.65. The van der Waals surface area contributed by atoms with Gasteiger partial charge in [-0.15, -0.1) is 0 Å². The van der Waals surface area contributed by atoms with Gasteiger partial charge in [0.2, 0.25) is 0 Å². The van der Waals surface area contributed by atoms with Gasteiger partial charge in [-0.3, -0.25) is 9.59 Å². The van der Waals surface area contributed by atoms with Crippen LogP contribution in [0.25, 0.3) is 22.3 Å².